The fraction of sp³-hybridized carbons (Fsp3) is 0.286. The van der Waals surface area contributed by atoms with Gasteiger partial charge in [-0.2, -0.15) is 5.26 Å². The van der Waals surface area contributed by atoms with Gasteiger partial charge in [-0.1, -0.05) is 6.07 Å². The molecule has 3 nitrogen and oxygen atoms in total. The molecule has 2 heterocycles. The Balaban J connectivity index is 2.04. The van der Waals surface area contributed by atoms with E-state index in [1.165, 1.54) is 10.4 Å². The molecule has 0 saturated carbocycles. The van der Waals surface area contributed by atoms with E-state index in [4.69, 9.17) is 5.26 Å². The predicted octanol–water partition coefficient (Wildman–Crippen LogP) is 3.21. The van der Waals surface area contributed by atoms with Crippen LogP contribution in [0, 0.1) is 11.3 Å². The van der Waals surface area contributed by atoms with Gasteiger partial charge in [-0.3, -0.25) is 9.88 Å². The summed E-state index contributed by atoms with van der Waals surface area (Å²) in [4.78, 5) is 7.61. The van der Waals surface area contributed by atoms with Crippen molar-refractivity contribution in [2.24, 2.45) is 0 Å². The molecule has 0 aromatic carbocycles. The molecule has 0 aliphatic carbocycles. The maximum absolute atomic E-state index is 8.81. The van der Waals surface area contributed by atoms with Crippen molar-refractivity contribution >= 4 is 11.3 Å². The molecule has 0 saturated heterocycles. The van der Waals surface area contributed by atoms with Crippen molar-refractivity contribution in [3.63, 3.8) is 0 Å². The number of aromatic nitrogens is 1. The van der Waals surface area contributed by atoms with Gasteiger partial charge < -0.3 is 0 Å². The van der Waals surface area contributed by atoms with Gasteiger partial charge >= 0.3 is 0 Å². The number of nitriles is 1. The van der Waals surface area contributed by atoms with E-state index in [9.17, 15) is 0 Å². The molecule has 2 aromatic heterocycles. The lowest BCUT2D eigenvalue weighted by atomic mass is 10.1. The minimum absolute atomic E-state index is 0.311. The fourth-order valence-corrected chi connectivity index (χ4v) is 2.65. The van der Waals surface area contributed by atoms with Crippen LogP contribution in [0.25, 0.3) is 0 Å². The maximum Gasteiger partial charge on any atom is 0.100 e. The summed E-state index contributed by atoms with van der Waals surface area (Å²) in [5.41, 5.74) is 1.95. The number of rotatable bonds is 4. The van der Waals surface area contributed by atoms with Crippen molar-refractivity contribution in [2.75, 3.05) is 7.05 Å². The lowest BCUT2D eigenvalue weighted by Gasteiger charge is -2.24. The Bertz CT molecular complexity index is 542. The van der Waals surface area contributed by atoms with Crippen LogP contribution >= 0.6 is 11.3 Å². The minimum Gasteiger partial charge on any atom is -0.295 e. The first-order valence-corrected chi connectivity index (χ1v) is 6.66. The highest BCUT2D eigenvalue weighted by Crippen LogP contribution is 2.22. The number of hydrogen-bond donors (Lipinski definition) is 0. The largest absolute Gasteiger partial charge is 0.295 e. The van der Waals surface area contributed by atoms with E-state index in [0.717, 1.165) is 12.1 Å². The molecule has 92 valence electrons. The Morgan fingerprint density at radius 1 is 1.56 bits per heavy atom. The van der Waals surface area contributed by atoms with E-state index in [0.29, 0.717) is 6.04 Å². The van der Waals surface area contributed by atoms with Crippen LogP contribution < -0.4 is 0 Å². The van der Waals surface area contributed by atoms with Crippen molar-refractivity contribution in [3.05, 3.63) is 52.0 Å². The quantitative estimate of drug-likeness (QED) is 0.844. The Kier molecular flexibility index (Phi) is 4.08. The second-order valence-corrected chi connectivity index (χ2v) is 5.29. The number of nitrogens with zero attached hydrogens (tertiary/aromatic N) is 3. The molecule has 2 rings (SSSR count). The Labute approximate surface area is 111 Å². The zero-order valence-electron chi connectivity index (χ0n) is 10.5. The molecule has 0 aliphatic heterocycles. The van der Waals surface area contributed by atoms with Crippen LogP contribution in [0.4, 0.5) is 0 Å². The van der Waals surface area contributed by atoms with Gasteiger partial charge in [-0.15, -0.1) is 11.3 Å². The fourth-order valence-electron chi connectivity index (χ4n) is 1.78. The lowest BCUT2D eigenvalue weighted by Crippen LogP contribution is -2.21. The highest BCUT2D eigenvalue weighted by atomic mass is 32.1. The van der Waals surface area contributed by atoms with Gasteiger partial charge in [-0.05, 0) is 31.7 Å². The normalized spacial score (nSPS) is 12.3. The van der Waals surface area contributed by atoms with Crippen LogP contribution in [0.5, 0.6) is 0 Å². The third-order valence-electron chi connectivity index (χ3n) is 3.02. The predicted molar refractivity (Wildman–Crippen MR) is 73.2 cm³/mol. The summed E-state index contributed by atoms with van der Waals surface area (Å²) in [5, 5.41) is 10.7. The van der Waals surface area contributed by atoms with E-state index in [1.807, 2.05) is 23.7 Å². The van der Waals surface area contributed by atoms with Crippen LogP contribution in [-0.2, 0) is 6.54 Å². The molecule has 0 fully saturated rings. The van der Waals surface area contributed by atoms with E-state index >= 15 is 0 Å². The smallest absolute Gasteiger partial charge is 0.100 e. The lowest BCUT2D eigenvalue weighted by molar-refractivity contribution is 0.255. The third kappa shape index (κ3) is 2.95. The molecular weight excluding hydrogens is 242 g/mol. The molecule has 4 heteroatoms. The van der Waals surface area contributed by atoms with E-state index < -0.39 is 0 Å². The molecule has 0 spiro atoms. The van der Waals surface area contributed by atoms with Crippen LogP contribution in [0.1, 0.15) is 29.0 Å². The Hall–Kier alpha value is -1.70. The van der Waals surface area contributed by atoms with Crippen molar-refractivity contribution < 1.29 is 0 Å². The van der Waals surface area contributed by atoms with Gasteiger partial charge in [-0.25, -0.2) is 0 Å². The van der Waals surface area contributed by atoms with Crippen molar-refractivity contribution in [1.29, 1.82) is 5.26 Å². The summed E-state index contributed by atoms with van der Waals surface area (Å²) in [6.07, 6.45) is 3.69. The van der Waals surface area contributed by atoms with E-state index in [-0.39, 0.29) is 0 Å². The number of thiophene rings is 1. The average molecular weight is 257 g/mol. The molecule has 0 radical (unpaired) electrons. The first-order chi connectivity index (χ1) is 8.70. The van der Waals surface area contributed by atoms with Gasteiger partial charge in [0.05, 0.1) is 5.56 Å². The number of pyridine rings is 1. The standard InChI is InChI=1S/C14H15N3S/c1-11(13-4-3-5-16-8-13)17(2)9-14-6-12(7-15)10-18-14/h3-6,8,10-11H,9H2,1-2H3/t11-/m1/s1. The second kappa shape index (κ2) is 5.76. The highest BCUT2D eigenvalue weighted by molar-refractivity contribution is 7.10. The molecule has 0 aliphatic rings. The van der Waals surface area contributed by atoms with Crippen molar-refractivity contribution in [3.8, 4) is 6.07 Å². The Morgan fingerprint density at radius 3 is 3.00 bits per heavy atom. The minimum atomic E-state index is 0.311. The molecule has 0 unspecified atom stereocenters. The van der Waals surface area contributed by atoms with Crippen LogP contribution in [0.3, 0.4) is 0 Å². The van der Waals surface area contributed by atoms with Crippen molar-refractivity contribution in [2.45, 2.75) is 19.5 Å². The van der Waals surface area contributed by atoms with Gasteiger partial charge in [0, 0.05) is 35.2 Å². The average Bonchev–Trinajstić information content (AvgIpc) is 2.86. The molecule has 0 amide bonds. The topological polar surface area (TPSA) is 39.9 Å². The summed E-state index contributed by atoms with van der Waals surface area (Å²) in [7, 11) is 2.09. The number of hydrogen-bond acceptors (Lipinski definition) is 4. The van der Waals surface area contributed by atoms with Gasteiger partial charge in [0.15, 0.2) is 0 Å². The van der Waals surface area contributed by atoms with Gasteiger partial charge in [0.1, 0.15) is 6.07 Å². The highest BCUT2D eigenvalue weighted by Gasteiger charge is 2.12. The third-order valence-corrected chi connectivity index (χ3v) is 3.94. The van der Waals surface area contributed by atoms with Crippen LogP contribution in [0.15, 0.2) is 36.0 Å². The molecule has 0 bridgehead atoms. The van der Waals surface area contributed by atoms with Gasteiger partial charge in [0.2, 0.25) is 0 Å². The summed E-state index contributed by atoms with van der Waals surface area (Å²) >= 11 is 1.64. The Morgan fingerprint density at radius 2 is 2.39 bits per heavy atom. The first kappa shape index (κ1) is 12.7. The van der Waals surface area contributed by atoms with E-state index in [1.54, 1.807) is 17.5 Å². The van der Waals surface area contributed by atoms with Crippen molar-refractivity contribution in [1.82, 2.24) is 9.88 Å². The zero-order chi connectivity index (χ0) is 13.0. The molecule has 0 N–H and O–H groups in total. The van der Waals surface area contributed by atoms with E-state index in [2.05, 4.69) is 36.0 Å². The van der Waals surface area contributed by atoms with Crippen LogP contribution in [-0.4, -0.2) is 16.9 Å². The molecule has 18 heavy (non-hydrogen) atoms. The summed E-state index contributed by atoms with van der Waals surface area (Å²) in [6, 6.07) is 8.47. The summed E-state index contributed by atoms with van der Waals surface area (Å²) in [5.74, 6) is 0. The summed E-state index contributed by atoms with van der Waals surface area (Å²) in [6.45, 7) is 3.01. The zero-order valence-corrected chi connectivity index (χ0v) is 11.3. The first-order valence-electron chi connectivity index (χ1n) is 5.78. The molecule has 2 aromatic rings. The SMILES string of the molecule is C[C@H](c1cccnc1)N(C)Cc1cc(C#N)cs1. The molecule has 1 atom stereocenters. The van der Waals surface area contributed by atoms with Gasteiger partial charge in [0.25, 0.3) is 0 Å². The van der Waals surface area contributed by atoms with Crippen LogP contribution in [0.2, 0.25) is 0 Å². The summed E-state index contributed by atoms with van der Waals surface area (Å²) < 4.78 is 0. The monoisotopic (exact) mass is 257 g/mol. The molecular formula is C14H15N3S. The maximum atomic E-state index is 8.81. The second-order valence-electron chi connectivity index (χ2n) is 4.29.